The predicted molar refractivity (Wildman–Crippen MR) is 57.4 cm³/mol. The lowest BCUT2D eigenvalue weighted by molar-refractivity contribution is -0.131. The first-order valence-corrected chi connectivity index (χ1v) is 5.90. The van der Waals surface area contributed by atoms with Gasteiger partial charge in [0.25, 0.3) is 0 Å². The van der Waals surface area contributed by atoms with Gasteiger partial charge < -0.3 is 10.0 Å². The Morgan fingerprint density at radius 1 is 1.27 bits per heavy atom. The van der Waals surface area contributed by atoms with E-state index in [-0.39, 0.29) is 12.5 Å². The van der Waals surface area contributed by atoms with Crippen molar-refractivity contribution >= 4 is 5.91 Å². The van der Waals surface area contributed by atoms with Gasteiger partial charge in [-0.25, -0.2) is 0 Å². The van der Waals surface area contributed by atoms with Crippen molar-refractivity contribution < 1.29 is 9.90 Å². The molecule has 0 unspecified atom stereocenters. The number of rotatable bonds is 3. The maximum Gasteiger partial charge on any atom is 0.236 e. The molecule has 2 aliphatic rings. The molecule has 4 nitrogen and oxygen atoms in total. The molecule has 0 saturated carbocycles. The van der Waals surface area contributed by atoms with E-state index in [1.54, 1.807) is 0 Å². The van der Waals surface area contributed by atoms with Crippen LogP contribution in [-0.2, 0) is 4.79 Å². The van der Waals surface area contributed by atoms with Crippen LogP contribution >= 0.6 is 0 Å². The average molecular weight is 212 g/mol. The zero-order valence-corrected chi connectivity index (χ0v) is 9.19. The van der Waals surface area contributed by atoms with Crippen LogP contribution in [-0.4, -0.2) is 60.1 Å². The van der Waals surface area contributed by atoms with Gasteiger partial charge in [0.15, 0.2) is 0 Å². The molecule has 0 bridgehead atoms. The van der Waals surface area contributed by atoms with Crippen molar-refractivity contribution in [3.8, 4) is 0 Å². The fourth-order valence-corrected chi connectivity index (χ4v) is 2.46. The first kappa shape index (κ1) is 10.9. The Kier molecular flexibility index (Phi) is 3.59. The van der Waals surface area contributed by atoms with Crippen LogP contribution in [0.4, 0.5) is 0 Å². The van der Waals surface area contributed by atoms with Gasteiger partial charge in [0.05, 0.1) is 6.54 Å². The van der Waals surface area contributed by atoms with Crippen molar-refractivity contribution in [1.29, 1.82) is 0 Å². The number of aliphatic hydroxyl groups is 1. The van der Waals surface area contributed by atoms with Crippen LogP contribution in [0, 0.1) is 5.92 Å². The highest BCUT2D eigenvalue weighted by Gasteiger charge is 2.26. The van der Waals surface area contributed by atoms with Crippen molar-refractivity contribution in [3.63, 3.8) is 0 Å². The number of amides is 1. The van der Waals surface area contributed by atoms with E-state index in [1.807, 2.05) is 4.90 Å². The van der Waals surface area contributed by atoms with Gasteiger partial charge in [0.1, 0.15) is 0 Å². The summed E-state index contributed by atoms with van der Waals surface area (Å²) >= 11 is 0. The van der Waals surface area contributed by atoms with E-state index in [0.717, 1.165) is 45.4 Å². The molecule has 2 heterocycles. The number of carbonyl (C=O) groups is 1. The maximum absolute atomic E-state index is 11.8. The molecule has 0 aromatic rings. The molecule has 4 heteroatoms. The number of likely N-dealkylation sites (tertiary alicyclic amines) is 2. The maximum atomic E-state index is 11.8. The van der Waals surface area contributed by atoms with Crippen molar-refractivity contribution in [2.75, 3.05) is 39.3 Å². The van der Waals surface area contributed by atoms with Gasteiger partial charge in [-0.15, -0.1) is 0 Å². The van der Waals surface area contributed by atoms with Gasteiger partial charge >= 0.3 is 0 Å². The average Bonchev–Trinajstić information content (AvgIpc) is 2.87. The molecule has 1 amide bonds. The minimum atomic E-state index is 0.258. The van der Waals surface area contributed by atoms with Crippen LogP contribution in [0.3, 0.4) is 0 Å². The largest absolute Gasteiger partial charge is 0.396 e. The monoisotopic (exact) mass is 212 g/mol. The van der Waals surface area contributed by atoms with E-state index in [4.69, 9.17) is 5.11 Å². The third-order valence-corrected chi connectivity index (χ3v) is 3.45. The molecular weight excluding hydrogens is 192 g/mol. The summed E-state index contributed by atoms with van der Waals surface area (Å²) in [6.07, 6.45) is 3.35. The van der Waals surface area contributed by atoms with Crippen molar-refractivity contribution in [1.82, 2.24) is 9.80 Å². The lowest BCUT2D eigenvalue weighted by Crippen LogP contribution is -2.38. The van der Waals surface area contributed by atoms with Crippen LogP contribution in [0.25, 0.3) is 0 Å². The minimum Gasteiger partial charge on any atom is -0.396 e. The van der Waals surface area contributed by atoms with Crippen LogP contribution in [0.15, 0.2) is 0 Å². The van der Waals surface area contributed by atoms with Gasteiger partial charge in [-0.1, -0.05) is 0 Å². The number of carbonyl (C=O) groups excluding carboxylic acids is 1. The minimum absolute atomic E-state index is 0.258. The van der Waals surface area contributed by atoms with Crippen LogP contribution in [0.2, 0.25) is 0 Å². The standard InChI is InChI=1S/C11H20N2O2/c14-9-10-3-6-12(7-10)8-11(15)13-4-1-2-5-13/h10,14H,1-9H2/t10-/m1/s1. The fourth-order valence-electron chi connectivity index (χ4n) is 2.46. The Morgan fingerprint density at radius 3 is 2.60 bits per heavy atom. The molecule has 15 heavy (non-hydrogen) atoms. The van der Waals surface area contributed by atoms with Gasteiger partial charge in [-0.05, 0) is 31.7 Å². The predicted octanol–water partition coefficient (Wildman–Crippen LogP) is -0.0770. The van der Waals surface area contributed by atoms with Gasteiger partial charge in [0, 0.05) is 26.2 Å². The number of aliphatic hydroxyl groups excluding tert-OH is 1. The normalized spacial score (nSPS) is 27.5. The Hall–Kier alpha value is -0.610. The first-order valence-electron chi connectivity index (χ1n) is 5.90. The Bertz CT molecular complexity index is 227. The molecule has 0 aromatic heterocycles. The zero-order valence-electron chi connectivity index (χ0n) is 9.19. The summed E-state index contributed by atoms with van der Waals surface area (Å²) in [6.45, 7) is 4.54. The number of hydrogen-bond donors (Lipinski definition) is 1. The molecule has 0 aromatic carbocycles. The number of hydrogen-bond acceptors (Lipinski definition) is 3. The second kappa shape index (κ2) is 4.94. The summed E-state index contributed by atoms with van der Waals surface area (Å²) < 4.78 is 0. The zero-order chi connectivity index (χ0) is 10.7. The first-order chi connectivity index (χ1) is 7.29. The van der Waals surface area contributed by atoms with Crippen LogP contribution < -0.4 is 0 Å². The summed E-state index contributed by atoms with van der Waals surface area (Å²) in [6, 6.07) is 0. The van der Waals surface area contributed by atoms with Gasteiger partial charge in [-0.2, -0.15) is 0 Å². The highest BCUT2D eigenvalue weighted by atomic mass is 16.3. The Balaban J connectivity index is 1.74. The van der Waals surface area contributed by atoms with Gasteiger partial charge in [0.2, 0.25) is 5.91 Å². The molecule has 2 saturated heterocycles. The molecular formula is C11H20N2O2. The van der Waals surface area contributed by atoms with E-state index in [9.17, 15) is 4.79 Å². The molecule has 2 rings (SSSR count). The van der Waals surface area contributed by atoms with Gasteiger partial charge in [-0.3, -0.25) is 9.69 Å². The summed E-state index contributed by atoms with van der Waals surface area (Å²) in [4.78, 5) is 16.0. The van der Waals surface area contributed by atoms with Crippen molar-refractivity contribution in [2.24, 2.45) is 5.92 Å². The lowest BCUT2D eigenvalue weighted by atomic mass is 10.1. The van der Waals surface area contributed by atoms with E-state index >= 15 is 0 Å². The Labute approximate surface area is 90.9 Å². The number of nitrogens with zero attached hydrogens (tertiary/aromatic N) is 2. The van der Waals surface area contributed by atoms with E-state index in [0.29, 0.717) is 12.5 Å². The molecule has 0 radical (unpaired) electrons. The third kappa shape index (κ3) is 2.69. The molecule has 2 aliphatic heterocycles. The smallest absolute Gasteiger partial charge is 0.236 e. The van der Waals surface area contributed by atoms with Crippen LogP contribution in [0.5, 0.6) is 0 Å². The van der Waals surface area contributed by atoms with Crippen molar-refractivity contribution in [3.05, 3.63) is 0 Å². The topological polar surface area (TPSA) is 43.8 Å². The highest BCUT2D eigenvalue weighted by Crippen LogP contribution is 2.16. The molecule has 1 N–H and O–H groups in total. The SMILES string of the molecule is O=C(CN1CC[C@@H](CO)C1)N1CCCC1. The summed E-state index contributed by atoms with van der Waals surface area (Å²) in [5, 5.41) is 9.01. The Morgan fingerprint density at radius 2 is 2.00 bits per heavy atom. The van der Waals surface area contributed by atoms with E-state index < -0.39 is 0 Å². The summed E-state index contributed by atoms with van der Waals surface area (Å²) in [5.41, 5.74) is 0. The van der Waals surface area contributed by atoms with E-state index in [2.05, 4.69) is 4.90 Å². The highest BCUT2D eigenvalue weighted by molar-refractivity contribution is 5.78. The second-order valence-electron chi connectivity index (χ2n) is 4.66. The molecule has 1 atom stereocenters. The summed E-state index contributed by atoms with van der Waals surface area (Å²) in [5.74, 6) is 0.655. The molecule has 0 spiro atoms. The second-order valence-corrected chi connectivity index (χ2v) is 4.66. The lowest BCUT2D eigenvalue weighted by Gasteiger charge is -2.20. The third-order valence-electron chi connectivity index (χ3n) is 3.45. The molecule has 2 fully saturated rings. The fraction of sp³-hybridized carbons (Fsp3) is 0.909. The molecule has 0 aliphatic carbocycles. The van der Waals surface area contributed by atoms with Crippen molar-refractivity contribution in [2.45, 2.75) is 19.3 Å². The van der Waals surface area contributed by atoms with Crippen LogP contribution in [0.1, 0.15) is 19.3 Å². The molecule has 86 valence electrons. The summed E-state index contributed by atoms with van der Waals surface area (Å²) in [7, 11) is 0. The van der Waals surface area contributed by atoms with E-state index in [1.165, 1.54) is 0 Å². The quantitative estimate of drug-likeness (QED) is 0.712.